The van der Waals surface area contributed by atoms with Crippen molar-refractivity contribution in [1.82, 2.24) is 9.97 Å². The van der Waals surface area contributed by atoms with Crippen LogP contribution in [0.5, 0.6) is 5.88 Å². The van der Waals surface area contributed by atoms with Crippen LogP contribution < -0.4 is 15.8 Å². The molecule has 0 bridgehead atoms. The standard InChI is InChI=1S/C13H16N4O/c1-9(10-3-5-11(14)6-4-10)17-12-7-13(18-2)16-8-15-12/h3-9H,14H2,1-2H3,(H,15,16,17). The fourth-order valence-electron chi connectivity index (χ4n) is 1.62. The Labute approximate surface area is 106 Å². The molecule has 0 saturated heterocycles. The van der Waals surface area contributed by atoms with Gasteiger partial charge in [-0.25, -0.2) is 9.97 Å². The van der Waals surface area contributed by atoms with Crippen LogP contribution in [0.2, 0.25) is 0 Å². The topological polar surface area (TPSA) is 73.1 Å². The van der Waals surface area contributed by atoms with E-state index in [-0.39, 0.29) is 6.04 Å². The van der Waals surface area contributed by atoms with Gasteiger partial charge in [0.05, 0.1) is 7.11 Å². The van der Waals surface area contributed by atoms with Crippen LogP contribution in [-0.2, 0) is 0 Å². The van der Waals surface area contributed by atoms with Crippen LogP contribution in [0.1, 0.15) is 18.5 Å². The summed E-state index contributed by atoms with van der Waals surface area (Å²) in [4.78, 5) is 8.10. The van der Waals surface area contributed by atoms with Gasteiger partial charge in [0.2, 0.25) is 5.88 Å². The number of methoxy groups -OCH3 is 1. The summed E-state index contributed by atoms with van der Waals surface area (Å²) in [7, 11) is 1.58. The van der Waals surface area contributed by atoms with Gasteiger partial charge < -0.3 is 15.8 Å². The smallest absolute Gasteiger partial charge is 0.218 e. The normalized spacial score (nSPS) is 11.9. The van der Waals surface area contributed by atoms with Crippen molar-refractivity contribution in [3.8, 4) is 5.88 Å². The summed E-state index contributed by atoms with van der Waals surface area (Å²) in [5.74, 6) is 1.27. The Kier molecular flexibility index (Phi) is 3.62. The Morgan fingerprint density at radius 1 is 1.22 bits per heavy atom. The molecule has 2 aromatic rings. The van der Waals surface area contributed by atoms with Crippen LogP contribution in [-0.4, -0.2) is 17.1 Å². The molecule has 0 aliphatic heterocycles. The molecular formula is C13H16N4O. The summed E-state index contributed by atoms with van der Waals surface area (Å²) in [6.45, 7) is 2.06. The van der Waals surface area contributed by atoms with E-state index in [1.807, 2.05) is 24.3 Å². The van der Waals surface area contributed by atoms with Gasteiger partial charge in [0.15, 0.2) is 0 Å². The van der Waals surface area contributed by atoms with Crippen molar-refractivity contribution >= 4 is 11.5 Å². The highest BCUT2D eigenvalue weighted by Gasteiger charge is 2.06. The highest BCUT2D eigenvalue weighted by molar-refractivity contribution is 5.44. The Hall–Kier alpha value is -2.30. The highest BCUT2D eigenvalue weighted by atomic mass is 16.5. The molecule has 0 aliphatic rings. The first-order valence-electron chi connectivity index (χ1n) is 5.67. The van der Waals surface area contributed by atoms with E-state index in [1.165, 1.54) is 6.33 Å². The molecule has 5 nitrogen and oxygen atoms in total. The molecule has 1 atom stereocenters. The molecule has 18 heavy (non-hydrogen) atoms. The highest BCUT2D eigenvalue weighted by Crippen LogP contribution is 2.20. The fourth-order valence-corrected chi connectivity index (χ4v) is 1.62. The molecule has 1 aromatic carbocycles. The molecule has 0 spiro atoms. The number of hydrogen-bond donors (Lipinski definition) is 2. The number of aromatic nitrogens is 2. The second-order valence-corrected chi connectivity index (χ2v) is 3.98. The van der Waals surface area contributed by atoms with Crippen molar-refractivity contribution in [3.05, 3.63) is 42.2 Å². The molecule has 1 heterocycles. The van der Waals surface area contributed by atoms with E-state index >= 15 is 0 Å². The maximum atomic E-state index is 5.66. The zero-order valence-electron chi connectivity index (χ0n) is 10.4. The minimum Gasteiger partial charge on any atom is -0.481 e. The van der Waals surface area contributed by atoms with E-state index < -0.39 is 0 Å². The third-order valence-electron chi connectivity index (χ3n) is 2.65. The van der Waals surface area contributed by atoms with Gasteiger partial charge in [0.25, 0.3) is 0 Å². The number of nitrogens with one attached hydrogen (secondary N) is 1. The SMILES string of the molecule is COc1cc(NC(C)c2ccc(N)cc2)ncn1. The Morgan fingerprint density at radius 2 is 1.94 bits per heavy atom. The van der Waals surface area contributed by atoms with E-state index in [1.54, 1.807) is 13.2 Å². The summed E-state index contributed by atoms with van der Waals surface area (Å²) < 4.78 is 5.05. The number of anilines is 2. The van der Waals surface area contributed by atoms with Gasteiger partial charge in [-0.1, -0.05) is 12.1 Å². The maximum Gasteiger partial charge on any atom is 0.218 e. The lowest BCUT2D eigenvalue weighted by atomic mass is 10.1. The van der Waals surface area contributed by atoms with Crippen LogP contribution in [0.15, 0.2) is 36.7 Å². The molecule has 0 aliphatic carbocycles. The van der Waals surface area contributed by atoms with E-state index in [0.29, 0.717) is 5.88 Å². The lowest BCUT2D eigenvalue weighted by Crippen LogP contribution is -2.08. The minimum atomic E-state index is 0.130. The molecule has 0 amide bonds. The van der Waals surface area contributed by atoms with Gasteiger partial charge in [0, 0.05) is 17.8 Å². The van der Waals surface area contributed by atoms with E-state index in [4.69, 9.17) is 10.5 Å². The third-order valence-corrected chi connectivity index (χ3v) is 2.65. The zero-order chi connectivity index (χ0) is 13.0. The zero-order valence-corrected chi connectivity index (χ0v) is 10.4. The van der Waals surface area contributed by atoms with Crippen LogP contribution >= 0.6 is 0 Å². The summed E-state index contributed by atoms with van der Waals surface area (Å²) in [5, 5.41) is 3.28. The number of hydrogen-bond acceptors (Lipinski definition) is 5. The van der Waals surface area contributed by atoms with Gasteiger partial charge in [-0.05, 0) is 24.6 Å². The van der Waals surface area contributed by atoms with Gasteiger partial charge in [-0.15, -0.1) is 0 Å². The first kappa shape index (κ1) is 12.2. The number of nitrogen functional groups attached to an aromatic ring is 1. The molecule has 94 valence electrons. The van der Waals surface area contributed by atoms with Crippen molar-refractivity contribution in [2.24, 2.45) is 0 Å². The minimum absolute atomic E-state index is 0.130. The lowest BCUT2D eigenvalue weighted by Gasteiger charge is -2.15. The molecule has 5 heteroatoms. The van der Waals surface area contributed by atoms with Gasteiger partial charge in [-0.3, -0.25) is 0 Å². The third kappa shape index (κ3) is 2.88. The van der Waals surface area contributed by atoms with Crippen molar-refractivity contribution in [3.63, 3.8) is 0 Å². The van der Waals surface area contributed by atoms with Crippen molar-refractivity contribution < 1.29 is 4.74 Å². The number of rotatable bonds is 4. The molecule has 0 fully saturated rings. The van der Waals surface area contributed by atoms with Crippen LogP contribution in [0.3, 0.4) is 0 Å². The molecule has 1 aromatic heterocycles. The van der Waals surface area contributed by atoms with Gasteiger partial charge in [0.1, 0.15) is 12.1 Å². The van der Waals surface area contributed by atoms with Crippen LogP contribution in [0.4, 0.5) is 11.5 Å². The second-order valence-electron chi connectivity index (χ2n) is 3.98. The summed E-state index contributed by atoms with van der Waals surface area (Å²) in [6.07, 6.45) is 1.47. The number of nitrogens with two attached hydrogens (primary N) is 1. The first-order chi connectivity index (χ1) is 8.69. The predicted octanol–water partition coefficient (Wildman–Crippen LogP) is 2.24. The average molecular weight is 244 g/mol. The Morgan fingerprint density at radius 3 is 2.61 bits per heavy atom. The molecule has 1 unspecified atom stereocenters. The molecule has 0 saturated carbocycles. The lowest BCUT2D eigenvalue weighted by molar-refractivity contribution is 0.397. The second kappa shape index (κ2) is 5.35. The summed E-state index contributed by atoms with van der Waals surface area (Å²) in [6, 6.07) is 9.64. The van der Waals surface area contributed by atoms with Crippen molar-refractivity contribution in [2.45, 2.75) is 13.0 Å². The number of ether oxygens (including phenoxy) is 1. The van der Waals surface area contributed by atoms with Crippen LogP contribution in [0.25, 0.3) is 0 Å². The number of benzene rings is 1. The van der Waals surface area contributed by atoms with Crippen molar-refractivity contribution in [2.75, 3.05) is 18.2 Å². The first-order valence-corrected chi connectivity index (χ1v) is 5.67. The average Bonchev–Trinajstić information content (AvgIpc) is 2.39. The van der Waals surface area contributed by atoms with Gasteiger partial charge in [-0.2, -0.15) is 0 Å². The fraction of sp³-hybridized carbons (Fsp3) is 0.231. The Bertz CT molecular complexity index is 513. The molecule has 0 radical (unpaired) electrons. The largest absolute Gasteiger partial charge is 0.481 e. The maximum absolute atomic E-state index is 5.66. The Balaban J connectivity index is 2.10. The van der Waals surface area contributed by atoms with E-state index in [2.05, 4.69) is 22.2 Å². The van der Waals surface area contributed by atoms with E-state index in [9.17, 15) is 0 Å². The molecular weight excluding hydrogens is 228 g/mol. The monoisotopic (exact) mass is 244 g/mol. The quantitative estimate of drug-likeness (QED) is 0.807. The molecule has 3 N–H and O–H groups in total. The van der Waals surface area contributed by atoms with E-state index in [0.717, 1.165) is 17.1 Å². The predicted molar refractivity (Wildman–Crippen MR) is 71.5 cm³/mol. The summed E-state index contributed by atoms with van der Waals surface area (Å²) in [5.41, 5.74) is 7.56. The van der Waals surface area contributed by atoms with Crippen LogP contribution in [0, 0.1) is 0 Å². The number of nitrogens with zero attached hydrogens (tertiary/aromatic N) is 2. The van der Waals surface area contributed by atoms with Gasteiger partial charge >= 0.3 is 0 Å². The summed E-state index contributed by atoms with van der Waals surface area (Å²) >= 11 is 0. The van der Waals surface area contributed by atoms with Crippen molar-refractivity contribution in [1.29, 1.82) is 0 Å². The molecule has 2 rings (SSSR count).